The van der Waals surface area contributed by atoms with Gasteiger partial charge in [0.2, 0.25) is 0 Å². The second-order valence-corrected chi connectivity index (χ2v) is 6.58. The van der Waals surface area contributed by atoms with Gasteiger partial charge in [0.05, 0.1) is 4.90 Å². The lowest BCUT2D eigenvalue weighted by molar-refractivity contribution is 0.504. The van der Waals surface area contributed by atoms with Gasteiger partial charge in [0.15, 0.2) is 11.6 Å². The molecule has 0 bridgehead atoms. The van der Waals surface area contributed by atoms with Crippen molar-refractivity contribution in [2.24, 2.45) is 0 Å². The van der Waals surface area contributed by atoms with Crippen molar-refractivity contribution in [2.75, 3.05) is 22.7 Å². The van der Waals surface area contributed by atoms with Crippen molar-refractivity contribution in [2.45, 2.75) is 18.7 Å². The van der Waals surface area contributed by atoms with Crippen LogP contribution in [-0.4, -0.2) is 21.5 Å². The van der Waals surface area contributed by atoms with Crippen molar-refractivity contribution in [1.82, 2.24) is 0 Å². The summed E-state index contributed by atoms with van der Waals surface area (Å²) in [6, 6.07) is 9.32. The molecule has 0 spiro atoms. The van der Waals surface area contributed by atoms with Crippen LogP contribution in [0.4, 0.5) is 20.2 Å². The van der Waals surface area contributed by atoms with E-state index in [0.717, 1.165) is 30.9 Å². The highest BCUT2D eigenvalue weighted by Crippen LogP contribution is 2.21. The topological polar surface area (TPSA) is 49.4 Å². The van der Waals surface area contributed by atoms with E-state index in [0.29, 0.717) is 11.8 Å². The Bertz CT molecular complexity index is 773. The van der Waals surface area contributed by atoms with E-state index in [9.17, 15) is 17.2 Å². The van der Waals surface area contributed by atoms with Crippen LogP contribution in [0.25, 0.3) is 0 Å². The van der Waals surface area contributed by atoms with Crippen LogP contribution < -0.4 is 9.62 Å². The van der Waals surface area contributed by atoms with Crippen LogP contribution >= 0.6 is 0 Å². The van der Waals surface area contributed by atoms with Crippen LogP contribution in [0.3, 0.4) is 0 Å². The molecule has 0 aliphatic carbocycles. The summed E-state index contributed by atoms with van der Waals surface area (Å²) in [6.07, 6.45) is 0. The van der Waals surface area contributed by atoms with Gasteiger partial charge < -0.3 is 4.90 Å². The normalized spacial score (nSPS) is 11.3. The minimum Gasteiger partial charge on any atom is -0.372 e. The second-order valence-electron chi connectivity index (χ2n) is 4.90. The minimum absolute atomic E-state index is 0.329. The molecule has 4 nitrogen and oxygen atoms in total. The first-order chi connectivity index (χ1) is 10.9. The first-order valence-electron chi connectivity index (χ1n) is 7.20. The molecular formula is C16H18F2N2O2S. The fourth-order valence-electron chi connectivity index (χ4n) is 2.19. The van der Waals surface area contributed by atoms with Crippen LogP contribution in [0.5, 0.6) is 0 Å². The van der Waals surface area contributed by atoms with Gasteiger partial charge in [0.25, 0.3) is 10.0 Å². The van der Waals surface area contributed by atoms with Crippen molar-refractivity contribution in [3.8, 4) is 0 Å². The molecule has 0 saturated heterocycles. The third-order valence-electron chi connectivity index (χ3n) is 3.45. The average Bonchev–Trinajstić information content (AvgIpc) is 2.52. The minimum atomic E-state index is -3.97. The number of benzene rings is 2. The number of halogens is 2. The summed E-state index contributed by atoms with van der Waals surface area (Å²) >= 11 is 0. The summed E-state index contributed by atoms with van der Waals surface area (Å²) in [7, 11) is -3.97. The number of anilines is 2. The highest BCUT2D eigenvalue weighted by Gasteiger charge is 2.16. The summed E-state index contributed by atoms with van der Waals surface area (Å²) < 4.78 is 52.8. The molecule has 0 unspecified atom stereocenters. The maximum absolute atomic E-state index is 13.2. The first-order valence-corrected chi connectivity index (χ1v) is 8.68. The van der Waals surface area contributed by atoms with E-state index in [1.807, 2.05) is 13.8 Å². The van der Waals surface area contributed by atoms with E-state index >= 15 is 0 Å². The molecule has 0 fully saturated rings. The molecule has 0 heterocycles. The fraction of sp³-hybridized carbons (Fsp3) is 0.250. The summed E-state index contributed by atoms with van der Waals surface area (Å²) in [4.78, 5) is 1.79. The summed E-state index contributed by atoms with van der Waals surface area (Å²) in [6.45, 7) is 5.75. The van der Waals surface area contributed by atoms with Crippen LogP contribution in [-0.2, 0) is 10.0 Å². The van der Waals surface area contributed by atoms with Gasteiger partial charge in [-0.15, -0.1) is 0 Å². The lowest BCUT2D eigenvalue weighted by atomic mass is 10.2. The Morgan fingerprint density at radius 1 is 0.957 bits per heavy atom. The molecule has 2 aromatic carbocycles. The summed E-state index contributed by atoms with van der Waals surface area (Å²) in [5, 5.41) is 0. The van der Waals surface area contributed by atoms with Gasteiger partial charge in [0, 0.05) is 24.5 Å². The Labute approximate surface area is 134 Å². The molecule has 7 heteroatoms. The average molecular weight is 340 g/mol. The quantitative estimate of drug-likeness (QED) is 0.874. The first kappa shape index (κ1) is 17.2. The third-order valence-corrected chi connectivity index (χ3v) is 4.83. The molecule has 124 valence electrons. The zero-order valence-corrected chi connectivity index (χ0v) is 13.7. The van der Waals surface area contributed by atoms with Crippen molar-refractivity contribution in [1.29, 1.82) is 0 Å². The third kappa shape index (κ3) is 3.98. The Morgan fingerprint density at radius 3 is 2.09 bits per heavy atom. The number of hydrogen-bond donors (Lipinski definition) is 1. The molecule has 0 atom stereocenters. The molecule has 2 aromatic rings. The number of hydrogen-bond acceptors (Lipinski definition) is 3. The van der Waals surface area contributed by atoms with Crippen molar-refractivity contribution < 1.29 is 17.2 Å². The molecule has 0 aromatic heterocycles. The zero-order valence-electron chi connectivity index (χ0n) is 12.9. The highest BCUT2D eigenvalue weighted by molar-refractivity contribution is 7.92. The van der Waals surface area contributed by atoms with Gasteiger partial charge in [-0.2, -0.15) is 0 Å². The summed E-state index contributed by atoms with van der Waals surface area (Å²) in [5.74, 6) is -2.29. The predicted molar refractivity (Wildman–Crippen MR) is 87.2 cm³/mol. The van der Waals surface area contributed by atoms with E-state index in [4.69, 9.17) is 0 Å². The number of rotatable bonds is 6. The van der Waals surface area contributed by atoms with Crippen LogP contribution in [0.2, 0.25) is 0 Å². The van der Waals surface area contributed by atoms with Gasteiger partial charge in [-0.25, -0.2) is 17.2 Å². The van der Waals surface area contributed by atoms with Crippen molar-refractivity contribution >= 4 is 21.4 Å². The van der Waals surface area contributed by atoms with Crippen molar-refractivity contribution in [3.63, 3.8) is 0 Å². The van der Waals surface area contributed by atoms with Crippen molar-refractivity contribution in [3.05, 3.63) is 54.1 Å². The van der Waals surface area contributed by atoms with Gasteiger partial charge in [-0.1, -0.05) is 0 Å². The maximum atomic E-state index is 13.2. The van der Waals surface area contributed by atoms with Crippen LogP contribution in [0.15, 0.2) is 47.4 Å². The monoisotopic (exact) mass is 340 g/mol. The molecule has 1 N–H and O–H groups in total. The number of nitrogens with one attached hydrogen (secondary N) is 1. The van der Waals surface area contributed by atoms with Gasteiger partial charge in [-0.05, 0) is 56.3 Å². The molecule has 0 radical (unpaired) electrons. The predicted octanol–water partition coefficient (Wildman–Crippen LogP) is 3.61. The van der Waals surface area contributed by atoms with E-state index in [1.165, 1.54) is 0 Å². The molecule has 23 heavy (non-hydrogen) atoms. The maximum Gasteiger partial charge on any atom is 0.261 e. The summed E-state index contributed by atoms with van der Waals surface area (Å²) in [5.41, 5.74) is 1.33. The molecule has 0 amide bonds. The zero-order chi connectivity index (χ0) is 17.0. The lowest BCUT2D eigenvalue weighted by Crippen LogP contribution is -2.21. The lowest BCUT2D eigenvalue weighted by Gasteiger charge is -2.21. The Kier molecular flexibility index (Phi) is 5.20. The Morgan fingerprint density at radius 2 is 1.57 bits per heavy atom. The Hall–Kier alpha value is -2.15. The Balaban J connectivity index is 2.22. The molecular weight excluding hydrogens is 322 g/mol. The van der Waals surface area contributed by atoms with E-state index < -0.39 is 21.7 Å². The van der Waals surface area contributed by atoms with Gasteiger partial charge in [0.1, 0.15) is 0 Å². The molecule has 0 aliphatic heterocycles. The van der Waals surface area contributed by atoms with E-state index in [-0.39, 0.29) is 4.90 Å². The van der Waals surface area contributed by atoms with Gasteiger partial charge >= 0.3 is 0 Å². The molecule has 0 saturated carbocycles. The number of sulfonamides is 1. The SMILES string of the molecule is CCN(CC)c1ccc(NS(=O)(=O)c2ccc(F)c(F)c2)cc1. The smallest absolute Gasteiger partial charge is 0.261 e. The van der Waals surface area contributed by atoms with Gasteiger partial charge in [-0.3, -0.25) is 4.72 Å². The van der Waals surface area contributed by atoms with Crippen LogP contribution in [0.1, 0.15) is 13.8 Å². The van der Waals surface area contributed by atoms with Crippen LogP contribution in [0, 0.1) is 11.6 Å². The second kappa shape index (κ2) is 6.95. The molecule has 2 rings (SSSR count). The standard InChI is InChI=1S/C16H18F2N2O2S/c1-3-20(4-2)13-7-5-12(6-8-13)19-23(21,22)14-9-10-15(17)16(18)11-14/h5-11,19H,3-4H2,1-2H3. The molecule has 0 aliphatic rings. The number of nitrogens with zero attached hydrogens (tertiary/aromatic N) is 1. The highest BCUT2D eigenvalue weighted by atomic mass is 32.2. The fourth-order valence-corrected chi connectivity index (χ4v) is 3.26. The van der Waals surface area contributed by atoms with E-state index in [2.05, 4.69) is 9.62 Å². The van der Waals surface area contributed by atoms with E-state index in [1.54, 1.807) is 24.3 Å². The largest absolute Gasteiger partial charge is 0.372 e.